The van der Waals surface area contributed by atoms with E-state index in [1.807, 2.05) is 17.8 Å². The highest BCUT2D eigenvalue weighted by atomic mass is 35.5. The average molecular weight is 264 g/mol. The van der Waals surface area contributed by atoms with Crippen LogP contribution >= 0.6 is 34.7 Å². The third kappa shape index (κ3) is 4.35. The normalized spacial score (nSPS) is 15.2. The monoisotopic (exact) mass is 263 g/mol. The minimum atomic E-state index is 0.182. The summed E-state index contributed by atoms with van der Waals surface area (Å²) in [6.45, 7) is 4.28. The fourth-order valence-corrected chi connectivity index (χ4v) is 4.09. The lowest BCUT2D eigenvalue weighted by Gasteiger charge is -2.18. The molecular weight excluding hydrogens is 246 g/mol. The molecule has 0 aliphatic rings. The molecule has 1 nitrogen and oxygen atoms in total. The molecule has 86 valence electrons. The van der Waals surface area contributed by atoms with Gasteiger partial charge >= 0.3 is 0 Å². The molecule has 15 heavy (non-hydrogen) atoms. The van der Waals surface area contributed by atoms with Gasteiger partial charge in [0, 0.05) is 10.9 Å². The van der Waals surface area contributed by atoms with Gasteiger partial charge in [-0.3, -0.25) is 0 Å². The first-order valence-electron chi connectivity index (χ1n) is 5.27. The number of nitrogens with two attached hydrogens (primary N) is 1. The molecule has 1 aromatic rings. The molecule has 0 bridgehead atoms. The van der Waals surface area contributed by atoms with Crippen molar-refractivity contribution in [3.63, 3.8) is 0 Å². The molecule has 0 amide bonds. The number of rotatable bonds is 6. The first-order valence-corrected chi connectivity index (χ1v) is 7.52. The van der Waals surface area contributed by atoms with Crippen molar-refractivity contribution in [3.8, 4) is 0 Å². The number of unbranched alkanes of at least 4 members (excludes halogenated alkanes) is 1. The summed E-state index contributed by atoms with van der Waals surface area (Å²) in [5, 5.41) is 0.397. The molecular formula is C11H18ClNS2. The van der Waals surface area contributed by atoms with E-state index in [1.165, 1.54) is 23.5 Å². The van der Waals surface area contributed by atoms with Gasteiger partial charge in [0.25, 0.3) is 0 Å². The van der Waals surface area contributed by atoms with Gasteiger partial charge in [0.1, 0.15) is 0 Å². The number of hydrogen-bond donors (Lipinski definition) is 1. The molecule has 0 radical (unpaired) electrons. The van der Waals surface area contributed by atoms with Crippen LogP contribution in [-0.4, -0.2) is 11.8 Å². The Balaban J connectivity index is 2.58. The largest absolute Gasteiger partial charge is 0.327 e. The molecule has 1 heterocycles. The first kappa shape index (κ1) is 13.4. The van der Waals surface area contributed by atoms with Crippen LogP contribution in [0.4, 0.5) is 0 Å². The predicted octanol–water partition coefficient (Wildman–Crippen LogP) is 4.32. The zero-order valence-corrected chi connectivity index (χ0v) is 11.6. The molecule has 0 aliphatic heterocycles. The summed E-state index contributed by atoms with van der Waals surface area (Å²) >= 11 is 9.53. The van der Waals surface area contributed by atoms with Crippen LogP contribution in [0.2, 0.25) is 4.34 Å². The van der Waals surface area contributed by atoms with Gasteiger partial charge < -0.3 is 5.73 Å². The van der Waals surface area contributed by atoms with Crippen molar-refractivity contribution < 1.29 is 0 Å². The van der Waals surface area contributed by atoms with Crippen molar-refractivity contribution in [2.75, 3.05) is 5.75 Å². The van der Waals surface area contributed by atoms with Crippen LogP contribution in [-0.2, 0) is 0 Å². The summed E-state index contributed by atoms with van der Waals surface area (Å²) < 4.78 is 0.853. The van der Waals surface area contributed by atoms with Gasteiger partial charge in [0.15, 0.2) is 0 Å². The summed E-state index contributed by atoms with van der Waals surface area (Å²) in [5.74, 6) is 1.18. The number of thioether (sulfide) groups is 1. The molecule has 0 spiro atoms. The van der Waals surface area contributed by atoms with E-state index >= 15 is 0 Å². The van der Waals surface area contributed by atoms with E-state index < -0.39 is 0 Å². The van der Waals surface area contributed by atoms with Crippen molar-refractivity contribution in [2.24, 2.45) is 5.73 Å². The summed E-state index contributed by atoms with van der Waals surface area (Å²) in [7, 11) is 0. The van der Waals surface area contributed by atoms with Crippen molar-refractivity contribution in [2.45, 2.75) is 38.0 Å². The van der Waals surface area contributed by atoms with Crippen LogP contribution in [0.25, 0.3) is 0 Å². The molecule has 2 atom stereocenters. The third-order valence-corrected chi connectivity index (χ3v) is 5.18. The molecule has 2 N–H and O–H groups in total. The fourth-order valence-electron chi connectivity index (χ4n) is 1.33. The molecule has 0 fully saturated rings. The molecule has 0 saturated heterocycles. The van der Waals surface area contributed by atoms with Gasteiger partial charge in [-0.05, 0) is 31.2 Å². The van der Waals surface area contributed by atoms with Gasteiger partial charge in [-0.2, -0.15) is 11.8 Å². The van der Waals surface area contributed by atoms with E-state index in [-0.39, 0.29) is 6.04 Å². The number of hydrogen-bond acceptors (Lipinski definition) is 3. The Morgan fingerprint density at radius 2 is 2.27 bits per heavy atom. The highest BCUT2D eigenvalue weighted by molar-refractivity contribution is 7.99. The Morgan fingerprint density at radius 1 is 1.53 bits per heavy atom. The molecule has 1 aromatic heterocycles. The van der Waals surface area contributed by atoms with E-state index in [4.69, 9.17) is 17.3 Å². The zero-order chi connectivity index (χ0) is 11.3. The van der Waals surface area contributed by atoms with Crippen LogP contribution < -0.4 is 5.73 Å². The van der Waals surface area contributed by atoms with E-state index in [0.29, 0.717) is 5.25 Å². The maximum absolute atomic E-state index is 6.00. The second-order valence-electron chi connectivity index (χ2n) is 3.65. The quantitative estimate of drug-likeness (QED) is 0.774. The minimum absolute atomic E-state index is 0.182. The molecule has 2 unspecified atom stereocenters. The Morgan fingerprint density at radius 3 is 2.73 bits per heavy atom. The molecule has 0 saturated carbocycles. The van der Waals surface area contributed by atoms with Crippen molar-refractivity contribution in [1.29, 1.82) is 0 Å². The Hall–Kier alpha value is 0.300. The van der Waals surface area contributed by atoms with Crippen molar-refractivity contribution in [1.82, 2.24) is 0 Å². The number of halogens is 1. The Bertz CT molecular complexity index is 286. The fraction of sp³-hybridized carbons (Fsp3) is 0.636. The van der Waals surface area contributed by atoms with Gasteiger partial charge in [-0.25, -0.2) is 0 Å². The highest BCUT2D eigenvalue weighted by Crippen LogP contribution is 2.37. The van der Waals surface area contributed by atoms with E-state index in [9.17, 15) is 0 Å². The molecule has 1 rings (SSSR count). The Labute approximate surface area is 105 Å². The van der Waals surface area contributed by atoms with Crippen LogP contribution in [0.3, 0.4) is 0 Å². The molecule has 0 aliphatic carbocycles. The van der Waals surface area contributed by atoms with Crippen LogP contribution in [0.15, 0.2) is 12.1 Å². The van der Waals surface area contributed by atoms with Crippen molar-refractivity contribution in [3.05, 3.63) is 21.3 Å². The van der Waals surface area contributed by atoms with Crippen LogP contribution in [0, 0.1) is 0 Å². The zero-order valence-electron chi connectivity index (χ0n) is 9.20. The lowest BCUT2D eigenvalue weighted by atomic mass is 10.2. The van der Waals surface area contributed by atoms with Crippen molar-refractivity contribution >= 4 is 34.7 Å². The summed E-state index contributed by atoms with van der Waals surface area (Å²) in [5.41, 5.74) is 6.00. The SMILES string of the molecule is CCCCSC(c1ccc(Cl)s1)C(C)N. The van der Waals surface area contributed by atoms with Gasteiger partial charge in [0.2, 0.25) is 0 Å². The Kier molecular flexibility index (Phi) is 6.05. The van der Waals surface area contributed by atoms with Gasteiger partial charge in [-0.15, -0.1) is 11.3 Å². The maximum atomic E-state index is 6.00. The topological polar surface area (TPSA) is 26.0 Å². The lowest BCUT2D eigenvalue weighted by molar-refractivity contribution is 0.728. The summed E-state index contributed by atoms with van der Waals surface area (Å²) in [6.07, 6.45) is 2.50. The van der Waals surface area contributed by atoms with E-state index in [2.05, 4.69) is 19.9 Å². The second-order valence-corrected chi connectivity index (χ2v) is 6.64. The van der Waals surface area contributed by atoms with E-state index in [1.54, 1.807) is 11.3 Å². The van der Waals surface area contributed by atoms with Crippen LogP contribution in [0.1, 0.15) is 36.8 Å². The summed E-state index contributed by atoms with van der Waals surface area (Å²) in [4.78, 5) is 1.30. The number of thiophene rings is 1. The first-order chi connectivity index (χ1) is 7.15. The smallest absolute Gasteiger partial charge is 0.0931 e. The average Bonchev–Trinajstić information content (AvgIpc) is 2.59. The highest BCUT2D eigenvalue weighted by Gasteiger charge is 2.18. The van der Waals surface area contributed by atoms with Crippen LogP contribution in [0.5, 0.6) is 0 Å². The molecule has 0 aromatic carbocycles. The summed E-state index contributed by atoms with van der Waals surface area (Å²) in [6, 6.07) is 4.23. The van der Waals surface area contributed by atoms with Gasteiger partial charge in [-0.1, -0.05) is 24.9 Å². The predicted molar refractivity (Wildman–Crippen MR) is 73.1 cm³/mol. The van der Waals surface area contributed by atoms with E-state index in [0.717, 1.165) is 4.34 Å². The van der Waals surface area contributed by atoms with Gasteiger partial charge in [0.05, 0.1) is 9.59 Å². The second kappa shape index (κ2) is 6.79. The maximum Gasteiger partial charge on any atom is 0.0931 e. The lowest BCUT2D eigenvalue weighted by Crippen LogP contribution is -2.22. The standard InChI is InChI=1S/C11H18ClNS2/c1-3-4-7-14-11(8(2)13)9-5-6-10(12)15-9/h5-6,8,11H,3-4,7,13H2,1-2H3. The third-order valence-electron chi connectivity index (χ3n) is 2.15. The minimum Gasteiger partial charge on any atom is -0.327 e. The molecule has 4 heteroatoms.